The molecular weight excluding hydrogens is 936 g/mol. The molecular formula is C65H126N2O6P+. The Balaban J connectivity index is 3.96. The minimum atomic E-state index is -4.36. The van der Waals surface area contributed by atoms with Gasteiger partial charge in [-0.3, -0.25) is 13.8 Å². The van der Waals surface area contributed by atoms with Crippen LogP contribution in [0.15, 0.2) is 48.6 Å². The second-order valence-electron chi connectivity index (χ2n) is 23.1. The fourth-order valence-corrected chi connectivity index (χ4v) is 10.2. The van der Waals surface area contributed by atoms with E-state index >= 15 is 0 Å². The highest BCUT2D eigenvalue weighted by molar-refractivity contribution is 7.47. The number of likely N-dealkylation sites (N-methyl/N-ethyl adjacent to an activating group) is 1. The largest absolute Gasteiger partial charge is 0.472 e. The molecule has 0 aliphatic heterocycles. The normalized spacial score (nSPS) is 14.1. The zero-order chi connectivity index (χ0) is 54.2. The molecule has 0 aliphatic carbocycles. The summed E-state index contributed by atoms with van der Waals surface area (Å²) in [5.74, 6) is -0.188. The zero-order valence-corrected chi connectivity index (χ0v) is 50.7. The highest BCUT2D eigenvalue weighted by Crippen LogP contribution is 2.43. The number of phosphoric acid groups is 1. The van der Waals surface area contributed by atoms with E-state index in [0.717, 1.165) is 44.9 Å². The minimum absolute atomic E-state index is 0.0538. The molecule has 3 unspecified atom stereocenters. The van der Waals surface area contributed by atoms with Gasteiger partial charge in [-0.2, -0.15) is 0 Å². The highest BCUT2D eigenvalue weighted by Gasteiger charge is 2.27. The number of rotatable bonds is 59. The molecule has 0 heterocycles. The highest BCUT2D eigenvalue weighted by atomic mass is 31.2. The molecule has 0 saturated heterocycles. The summed E-state index contributed by atoms with van der Waals surface area (Å²) in [6, 6.07) is -0.869. The van der Waals surface area contributed by atoms with Gasteiger partial charge in [-0.15, -0.1) is 0 Å². The molecule has 1 amide bonds. The van der Waals surface area contributed by atoms with Crippen molar-refractivity contribution >= 4 is 13.7 Å². The first kappa shape index (κ1) is 72.5. The number of phosphoric ester groups is 1. The summed E-state index contributed by atoms with van der Waals surface area (Å²) < 4.78 is 23.7. The van der Waals surface area contributed by atoms with E-state index in [-0.39, 0.29) is 19.1 Å². The van der Waals surface area contributed by atoms with E-state index in [4.69, 9.17) is 9.05 Å². The summed E-state index contributed by atoms with van der Waals surface area (Å²) >= 11 is 0. The monoisotopic (exact) mass is 1060 g/mol. The Hall–Kier alpha value is -1.54. The van der Waals surface area contributed by atoms with Gasteiger partial charge < -0.3 is 19.8 Å². The van der Waals surface area contributed by atoms with Gasteiger partial charge in [0.05, 0.1) is 39.9 Å². The lowest BCUT2D eigenvalue weighted by Gasteiger charge is -2.25. The predicted octanol–water partition coefficient (Wildman–Crippen LogP) is 19.9. The molecule has 0 aromatic heterocycles. The third-order valence-corrected chi connectivity index (χ3v) is 15.5. The molecule has 0 aromatic carbocycles. The van der Waals surface area contributed by atoms with Crippen molar-refractivity contribution in [1.82, 2.24) is 5.32 Å². The van der Waals surface area contributed by atoms with Gasteiger partial charge in [-0.1, -0.05) is 281 Å². The number of carbonyl (C=O) groups is 1. The fraction of sp³-hybridized carbons (Fsp3) is 0.862. The number of nitrogens with one attached hydrogen (secondary N) is 1. The Kier molecular flexibility index (Phi) is 55.0. The fourth-order valence-electron chi connectivity index (χ4n) is 9.48. The van der Waals surface area contributed by atoms with Crippen LogP contribution in [0.2, 0.25) is 0 Å². The number of allylic oxidation sites excluding steroid dienone is 7. The van der Waals surface area contributed by atoms with Crippen LogP contribution in [0.3, 0.4) is 0 Å². The van der Waals surface area contributed by atoms with Crippen molar-refractivity contribution in [2.45, 2.75) is 321 Å². The van der Waals surface area contributed by atoms with Crippen molar-refractivity contribution in [3.8, 4) is 0 Å². The van der Waals surface area contributed by atoms with Crippen molar-refractivity contribution in [2.75, 3.05) is 40.9 Å². The minimum Gasteiger partial charge on any atom is -0.387 e. The number of aliphatic hydroxyl groups excluding tert-OH is 1. The number of nitrogens with zero attached hydrogens (tertiary/aromatic N) is 1. The average Bonchev–Trinajstić information content (AvgIpc) is 3.36. The van der Waals surface area contributed by atoms with E-state index in [9.17, 15) is 19.4 Å². The number of hydrogen-bond donors (Lipinski definition) is 3. The van der Waals surface area contributed by atoms with E-state index in [2.05, 4.69) is 55.6 Å². The molecule has 9 heteroatoms. The van der Waals surface area contributed by atoms with Crippen molar-refractivity contribution < 1.29 is 32.9 Å². The van der Waals surface area contributed by atoms with Crippen LogP contribution in [0.1, 0.15) is 309 Å². The standard InChI is InChI=1S/C65H125N2O6P/c1-6-8-10-12-14-16-18-20-22-23-24-25-26-27-28-29-30-31-32-33-34-35-36-37-38-39-40-41-42-43-45-47-49-51-53-55-57-59-65(69)66-63(62-73-74(70,71)72-61-60-67(3,4)5)64(68)58-56-54-52-50-48-46-44-21-19-17-15-13-11-9-7-2/h19,21,31-32,48,50,56,58,63-64,68H,6-18,20,22-30,33-47,49,51-55,57,59-62H2,1-5H3,(H-,66,69,70,71)/p+1/b21-19+,32-31-,50-48+,58-56+. The van der Waals surface area contributed by atoms with Crippen LogP contribution < -0.4 is 5.32 Å². The second kappa shape index (κ2) is 56.2. The van der Waals surface area contributed by atoms with E-state index in [1.807, 2.05) is 27.2 Å². The topological polar surface area (TPSA) is 105 Å². The Morgan fingerprint density at radius 3 is 1.08 bits per heavy atom. The lowest BCUT2D eigenvalue weighted by Crippen LogP contribution is -2.45. The van der Waals surface area contributed by atoms with Crippen molar-refractivity contribution in [3.05, 3.63) is 48.6 Å². The predicted molar refractivity (Wildman–Crippen MR) is 323 cm³/mol. The van der Waals surface area contributed by atoms with Crippen LogP contribution >= 0.6 is 7.82 Å². The van der Waals surface area contributed by atoms with Gasteiger partial charge in [0, 0.05) is 6.42 Å². The van der Waals surface area contributed by atoms with Crippen LogP contribution in [0.4, 0.5) is 0 Å². The zero-order valence-electron chi connectivity index (χ0n) is 49.8. The van der Waals surface area contributed by atoms with E-state index in [1.54, 1.807) is 6.08 Å². The SMILES string of the molecule is CCCCCCC/C=C/CC/C=C/CC/C=C/C(O)C(COP(=O)(O)OCC[N+](C)(C)C)NC(=O)CCCCCCCCCCCCCCCCCCC/C=C\CCCCCCCCCCCCCCCCCC. The summed E-state index contributed by atoms with van der Waals surface area (Å²) in [5, 5.41) is 13.9. The molecule has 8 nitrogen and oxygen atoms in total. The summed E-state index contributed by atoms with van der Waals surface area (Å²) in [4.78, 5) is 23.3. The van der Waals surface area contributed by atoms with Gasteiger partial charge in [-0.05, 0) is 70.6 Å². The number of carbonyl (C=O) groups excluding carboxylic acids is 1. The van der Waals surface area contributed by atoms with Gasteiger partial charge in [0.15, 0.2) is 0 Å². The van der Waals surface area contributed by atoms with E-state index in [1.165, 1.54) is 244 Å². The first-order valence-electron chi connectivity index (χ1n) is 32.0. The smallest absolute Gasteiger partial charge is 0.387 e. The van der Waals surface area contributed by atoms with Gasteiger partial charge in [0.25, 0.3) is 0 Å². The van der Waals surface area contributed by atoms with E-state index < -0.39 is 20.0 Å². The molecule has 0 saturated carbocycles. The molecule has 0 bridgehead atoms. The van der Waals surface area contributed by atoms with Crippen LogP contribution in [0.5, 0.6) is 0 Å². The first-order chi connectivity index (χ1) is 36.0. The van der Waals surface area contributed by atoms with Crippen LogP contribution in [-0.2, 0) is 18.4 Å². The Morgan fingerprint density at radius 1 is 0.446 bits per heavy atom. The summed E-state index contributed by atoms with van der Waals surface area (Å²) in [5.41, 5.74) is 0. The maximum Gasteiger partial charge on any atom is 0.472 e. The maximum atomic E-state index is 13.0. The van der Waals surface area contributed by atoms with Gasteiger partial charge >= 0.3 is 7.82 Å². The van der Waals surface area contributed by atoms with Gasteiger partial charge in [0.2, 0.25) is 5.91 Å². The lowest BCUT2D eigenvalue weighted by molar-refractivity contribution is -0.870. The Morgan fingerprint density at radius 2 is 0.743 bits per heavy atom. The van der Waals surface area contributed by atoms with Crippen molar-refractivity contribution in [3.63, 3.8) is 0 Å². The van der Waals surface area contributed by atoms with Crippen LogP contribution in [0.25, 0.3) is 0 Å². The maximum absolute atomic E-state index is 13.0. The van der Waals surface area contributed by atoms with Crippen LogP contribution in [0, 0.1) is 0 Å². The molecule has 436 valence electrons. The molecule has 0 spiro atoms. The molecule has 0 fully saturated rings. The first-order valence-corrected chi connectivity index (χ1v) is 33.5. The molecule has 0 radical (unpaired) electrons. The van der Waals surface area contributed by atoms with Crippen molar-refractivity contribution in [1.29, 1.82) is 0 Å². The number of amides is 1. The second-order valence-corrected chi connectivity index (χ2v) is 24.6. The Labute approximate surface area is 460 Å². The molecule has 0 rings (SSSR count). The van der Waals surface area contributed by atoms with Crippen molar-refractivity contribution in [2.24, 2.45) is 0 Å². The number of hydrogen-bond acceptors (Lipinski definition) is 5. The Bertz CT molecular complexity index is 1340. The third kappa shape index (κ3) is 58.1. The molecule has 74 heavy (non-hydrogen) atoms. The number of aliphatic hydroxyl groups is 1. The summed E-state index contributed by atoms with van der Waals surface area (Å²) in [6.45, 7) is 4.80. The lowest BCUT2D eigenvalue weighted by atomic mass is 10.0. The molecule has 0 aromatic rings. The van der Waals surface area contributed by atoms with Gasteiger partial charge in [0.1, 0.15) is 13.2 Å². The average molecular weight is 1060 g/mol. The number of unbranched alkanes of at least 4 members (excludes halogenated alkanes) is 40. The molecule has 3 N–H and O–H groups in total. The summed E-state index contributed by atoms with van der Waals surface area (Å²) in [6.07, 6.45) is 75.5. The van der Waals surface area contributed by atoms with Gasteiger partial charge in [-0.25, -0.2) is 4.57 Å². The number of quaternary nitrogens is 1. The van der Waals surface area contributed by atoms with E-state index in [0.29, 0.717) is 17.4 Å². The van der Waals surface area contributed by atoms with Crippen LogP contribution in [-0.4, -0.2) is 73.4 Å². The molecule has 3 atom stereocenters. The third-order valence-electron chi connectivity index (χ3n) is 14.5. The molecule has 0 aliphatic rings. The summed E-state index contributed by atoms with van der Waals surface area (Å²) in [7, 11) is 1.55. The quantitative estimate of drug-likeness (QED) is 0.0243.